The van der Waals surface area contributed by atoms with E-state index in [1.165, 1.54) is 10.5 Å². The van der Waals surface area contributed by atoms with E-state index >= 15 is 0 Å². The molecule has 2 rings (SSSR count). The predicted octanol–water partition coefficient (Wildman–Crippen LogP) is 2.59. The van der Waals surface area contributed by atoms with Crippen molar-refractivity contribution in [1.29, 1.82) is 0 Å². The summed E-state index contributed by atoms with van der Waals surface area (Å²) in [4.78, 5) is 1.32. The molecule has 1 aliphatic rings. The van der Waals surface area contributed by atoms with Crippen LogP contribution in [0.15, 0.2) is 29.2 Å². The van der Waals surface area contributed by atoms with Gasteiger partial charge in [0.25, 0.3) is 0 Å². The Morgan fingerprint density at radius 2 is 2.20 bits per heavy atom. The first kappa shape index (κ1) is 11.0. The molecule has 1 aromatic carbocycles. The molecule has 0 aromatic heterocycles. The van der Waals surface area contributed by atoms with Crippen molar-refractivity contribution in [1.82, 2.24) is 0 Å². The quantitative estimate of drug-likeness (QED) is 0.852. The molecule has 1 heterocycles. The van der Waals surface area contributed by atoms with Gasteiger partial charge in [0.15, 0.2) is 0 Å². The summed E-state index contributed by atoms with van der Waals surface area (Å²) in [6.45, 7) is 3.87. The van der Waals surface area contributed by atoms with Crippen LogP contribution in [0.5, 0.6) is 0 Å². The summed E-state index contributed by atoms with van der Waals surface area (Å²) in [6.07, 6.45) is 0.985. The van der Waals surface area contributed by atoms with Crippen LogP contribution in [0, 0.1) is 0 Å². The van der Waals surface area contributed by atoms with Crippen LogP contribution in [0.4, 0.5) is 0 Å². The molecule has 82 valence electrons. The molecule has 15 heavy (non-hydrogen) atoms. The molecular weight excluding hydrogens is 206 g/mol. The van der Waals surface area contributed by atoms with Crippen molar-refractivity contribution in [2.75, 3.05) is 13.2 Å². The summed E-state index contributed by atoms with van der Waals surface area (Å²) in [5, 5.41) is 0.621. The van der Waals surface area contributed by atoms with Crippen molar-refractivity contribution in [2.45, 2.75) is 29.5 Å². The first-order chi connectivity index (χ1) is 7.31. The van der Waals surface area contributed by atoms with Crippen molar-refractivity contribution in [3.63, 3.8) is 0 Å². The summed E-state index contributed by atoms with van der Waals surface area (Å²) in [6, 6.07) is 8.60. The molecule has 0 amide bonds. The fraction of sp³-hybridized carbons (Fsp3) is 0.500. The summed E-state index contributed by atoms with van der Waals surface area (Å²) in [5.74, 6) is 0. The Morgan fingerprint density at radius 3 is 2.80 bits per heavy atom. The van der Waals surface area contributed by atoms with E-state index < -0.39 is 0 Å². The lowest BCUT2D eigenvalue weighted by Gasteiger charge is -2.26. The molecule has 0 radical (unpaired) electrons. The van der Waals surface area contributed by atoms with Crippen LogP contribution >= 0.6 is 11.8 Å². The molecule has 1 aromatic rings. The molecule has 0 saturated carbocycles. The van der Waals surface area contributed by atoms with Crippen LogP contribution in [0.25, 0.3) is 0 Å². The standard InChI is InChI=1S/C12H17NOS/c1-2-11(13)10-5-3-4-6-12(10)15-9-7-14-8-9/h3-6,9,11H,2,7-8,13H2,1H3. The van der Waals surface area contributed by atoms with Gasteiger partial charge in [0.05, 0.1) is 18.5 Å². The van der Waals surface area contributed by atoms with Crippen LogP contribution < -0.4 is 5.73 Å². The maximum Gasteiger partial charge on any atom is 0.0611 e. The van der Waals surface area contributed by atoms with E-state index in [0.717, 1.165) is 19.6 Å². The number of ether oxygens (including phenoxy) is 1. The van der Waals surface area contributed by atoms with Crippen molar-refractivity contribution >= 4 is 11.8 Å². The van der Waals surface area contributed by atoms with E-state index in [4.69, 9.17) is 10.5 Å². The molecule has 1 aliphatic heterocycles. The molecule has 1 saturated heterocycles. The highest BCUT2D eigenvalue weighted by molar-refractivity contribution is 8.00. The zero-order chi connectivity index (χ0) is 10.7. The minimum Gasteiger partial charge on any atom is -0.379 e. The highest BCUT2D eigenvalue weighted by atomic mass is 32.2. The Kier molecular flexibility index (Phi) is 3.67. The van der Waals surface area contributed by atoms with Gasteiger partial charge in [0.1, 0.15) is 0 Å². The van der Waals surface area contributed by atoms with E-state index in [0.29, 0.717) is 5.25 Å². The van der Waals surface area contributed by atoms with Crippen molar-refractivity contribution in [2.24, 2.45) is 5.73 Å². The van der Waals surface area contributed by atoms with Gasteiger partial charge >= 0.3 is 0 Å². The number of hydrogen-bond acceptors (Lipinski definition) is 3. The number of hydrogen-bond donors (Lipinski definition) is 1. The third-order valence-electron chi connectivity index (χ3n) is 2.66. The lowest BCUT2D eigenvalue weighted by molar-refractivity contribution is 0.0455. The summed E-state index contributed by atoms with van der Waals surface area (Å²) >= 11 is 1.90. The van der Waals surface area contributed by atoms with Gasteiger partial charge in [-0.3, -0.25) is 0 Å². The third kappa shape index (κ3) is 2.54. The molecular formula is C12H17NOS. The van der Waals surface area contributed by atoms with E-state index in [9.17, 15) is 0 Å². The summed E-state index contributed by atoms with van der Waals surface area (Å²) < 4.78 is 5.18. The molecule has 0 aliphatic carbocycles. The molecule has 2 N–H and O–H groups in total. The van der Waals surface area contributed by atoms with Crippen LogP contribution in [0.2, 0.25) is 0 Å². The van der Waals surface area contributed by atoms with E-state index in [1.54, 1.807) is 0 Å². The monoisotopic (exact) mass is 223 g/mol. The lowest BCUT2D eigenvalue weighted by Crippen LogP contribution is -2.30. The van der Waals surface area contributed by atoms with Crippen LogP contribution in [0.1, 0.15) is 24.9 Å². The minimum atomic E-state index is 0.162. The number of nitrogens with two attached hydrogens (primary N) is 1. The third-order valence-corrected chi connectivity index (χ3v) is 3.89. The normalized spacial score (nSPS) is 18.5. The van der Waals surface area contributed by atoms with Gasteiger partial charge in [-0.15, -0.1) is 11.8 Å². The van der Waals surface area contributed by atoms with Crippen LogP contribution in [-0.4, -0.2) is 18.5 Å². The van der Waals surface area contributed by atoms with Gasteiger partial charge < -0.3 is 10.5 Å². The van der Waals surface area contributed by atoms with Gasteiger partial charge in [-0.05, 0) is 18.1 Å². The Balaban J connectivity index is 2.13. The summed E-state index contributed by atoms with van der Waals surface area (Å²) in [5.41, 5.74) is 7.36. The zero-order valence-corrected chi connectivity index (χ0v) is 9.80. The molecule has 3 heteroatoms. The smallest absolute Gasteiger partial charge is 0.0611 e. The average molecular weight is 223 g/mol. The zero-order valence-electron chi connectivity index (χ0n) is 8.98. The maximum absolute atomic E-state index is 6.09. The molecule has 1 unspecified atom stereocenters. The number of rotatable bonds is 4. The highest BCUT2D eigenvalue weighted by Gasteiger charge is 2.21. The second kappa shape index (κ2) is 5.01. The van der Waals surface area contributed by atoms with E-state index in [2.05, 4.69) is 31.2 Å². The fourth-order valence-electron chi connectivity index (χ4n) is 1.58. The Bertz CT molecular complexity index is 325. The van der Waals surface area contributed by atoms with Crippen molar-refractivity contribution in [3.05, 3.63) is 29.8 Å². The lowest BCUT2D eigenvalue weighted by atomic mass is 10.1. The van der Waals surface area contributed by atoms with Gasteiger partial charge in [-0.2, -0.15) is 0 Å². The molecule has 2 nitrogen and oxygen atoms in total. The first-order valence-corrected chi connectivity index (χ1v) is 6.28. The Labute approximate surface area is 95.2 Å². The Morgan fingerprint density at radius 1 is 1.47 bits per heavy atom. The summed E-state index contributed by atoms with van der Waals surface area (Å²) in [7, 11) is 0. The topological polar surface area (TPSA) is 35.2 Å². The van der Waals surface area contributed by atoms with Gasteiger partial charge in [0, 0.05) is 10.9 Å². The first-order valence-electron chi connectivity index (χ1n) is 5.40. The molecule has 1 atom stereocenters. The minimum absolute atomic E-state index is 0.162. The average Bonchev–Trinajstić information content (AvgIpc) is 2.23. The predicted molar refractivity (Wildman–Crippen MR) is 64.1 cm³/mol. The molecule has 1 fully saturated rings. The maximum atomic E-state index is 6.09. The highest BCUT2D eigenvalue weighted by Crippen LogP contribution is 2.33. The van der Waals surface area contributed by atoms with Crippen LogP contribution in [0.3, 0.4) is 0 Å². The number of benzene rings is 1. The largest absolute Gasteiger partial charge is 0.379 e. The van der Waals surface area contributed by atoms with Crippen LogP contribution in [-0.2, 0) is 4.74 Å². The second-order valence-electron chi connectivity index (χ2n) is 3.83. The second-order valence-corrected chi connectivity index (χ2v) is 5.17. The Hall–Kier alpha value is -0.510. The van der Waals surface area contributed by atoms with E-state index in [1.807, 2.05) is 11.8 Å². The van der Waals surface area contributed by atoms with Crippen molar-refractivity contribution in [3.8, 4) is 0 Å². The fourth-order valence-corrected chi connectivity index (χ4v) is 2.78. The SMILES string of the molecule is CCC(N)c1ccccc1SC1COC1. The molecule has 0 spiro atoms. The molecule has 0 bridgehead atoms. The van der Waals surface area contributed by atoms with Gasteiger partial charge in [-0.1, -0.05) is 25.1 Å². The van der Waals surface area contributed by atoms with E-state index in [-0.39, 0.29) is 6.04 Å². The van der Waals surface area contributed by atoms with Gasteiger partial charge in [-0.25, -0.2) is 0 Å². The van der Waals surface area contributed by atoms with Gasteiger partial charge in [0.2, 0.25) is 0 Å². The van der Waals surface area contributed by atoms with Crippen molar-refractivity contribution < 1.29 is 4.74 Å². The number of thioether (sulfide) groups is 1.